The minimum atomic E-state index is -0.505. The van der Waals surface area contributed by atoms with Gasteiger partial charge in [0.05, 0.1) is 17.3 Å². The Morgan fingerprint density at radius 2 is 2.22 bits per heavy atom. The number of carbonyl (C=O) groups excluding carboxylic acids is 1. The van der Waals surface area contributed by atoms with Crippen molar-refractivity contribution in [3.8, 4) is 0 Å². The molecule has 1 rings (SSSR count). The van der Waals surface area contributed by atoms with Gasteiger partial charge in [-0.1, -0.05) is 24.9 Å². The SMILES string of the molecule is CCCC(Nc1cc(F)ccc1Cl)C(=O)OCC. The van der Waals surface area contributed by atoms with Gasteiger partial charge in [0.15, 0.2) is 0 Å². The number of benzene rings is 1. The van der Waals surface area contributed by atoms with E-state index in [0.717, 1.165) is 6.42 Å². The van der Waals surface area contributed by atoms with Crippen LogP contribution in [0, 0.1) is 5.82 Å². The number of ether oxygens (including phenoxy) is 1. The van der Waals surface area contributed by atoms with Gasteiger partial charge in [-0.15, -0.1) is 0 Å². The van der Waals surface area contributed by atoms with Crippen LogP contribution in [0.3, 0.4) is 0 Å². The molecule has 1 N–H and O–H groups in total. The van der Waals surface area contributed by atoms with Crippen LogP contribution in [0.25, 0.3) is 0 Å². The van der Waals surface area contributed by atoms with Crippen LogP contribution >= 0.6 is 11.6 Å². The molecule has 0 amide bonds. The number of nitrogens with one attached hydrogen (secondary N) is 1. The normalized spacial score (nSPS) is 12.0. The summed E-state index contributed by atoms with van der Waals surface area (Å²) in [7, 11) is 0. The molecular formula is C13H17ClFNO2. The van der Waals surface area contributed by atoms with E-state index in [2.05, 4.69) is 5.32 Å². The van der Waals surface area contributed by atoms with E-state index in [-0.39, 0.29) is 5.97 Å². The van der Waals surface area contributed by atoms with Crippen molar-refractivity contribution in [3.63, 3.8) is 0 Å². The first kappa shape index (κ1) is 14.8. The van der Waals surface area contributed by atoms with E-state index in [4.69, 9.17) is 16.3 Å². The molecule has 0 fully saturated rings. The van der Waals surface area contributed by atoms with E-state index < -0.39 is 11.9 Å². The van der Waals surface area contributed by atoms with Gasteiger partial charge in [-0.25, -0.2) is 9.18 Å². The molecule has 0 aliphatic carbocycles. The van der Waals surface area contributed by atoms with Gasteiger partial charge in [-0.3, -0.25) is 0 Å². The average Bonchev–Trinajstić information content (AvgIpc) is 2.33. The second-order valence-electron chi connectivity index (χ2n) is 3.86. The predicted octanol–water partition coefficient (Wildman–Crippen LogP) is 3.62. The molecule has 0 saturated heterocycles. The molecule has 0 radical (unpaired) electrons. The van der Waals surface area contributed by atoms with Gasteiger partial charge in [0.1, 0.15) is 11.9 Å². The maximum atomic E-state index is 13.1. The van der Waals surface area contributed by atoms with E-state index in [9.17, 15) is 9.18 Å². The van der Waals surface area contributed by atoms with E-state index in [0.29, 0.717) is 23.7 Å². The molecule has 100 valence electrons. The van der Waals surface area contributed by atoms with Gasteiger partial charge < -0.3 is 10.1 Å². The number of hydrogen-bond acceptors (Lipinski definition) is 3. The smallest absolute Gasteiger partial charge is 0.328 e. The van der Waals surface area contributed by atoms with Crippen molar-refractivity contribution in [2.24, 2.45) is 0 Å². The third-order valence-electron chi connectivity index (χ3n) is 2.41. The highest BCUT2D eigenvalue weighted by Gasteiger charge is 2.19. The van der Waals surface area contributed by atoms with Crippen LogP contribution in [0.5, 0.6) is 0 Å². The Bertz CT molecular complexity index is 412. The van der Waals surface area contributed by atoms with Crippen LogP contribution in [0.15, 0.2) is 18.2 Å². The molecule has 3 nitrogen and oxygen atoms in total. The molecule has 0 aromatic heterocycles. The molecule has 0 bridgehead atoms. The van der Waals surface area contributed by atoms with Crippen molar-refractivity contribution in [3.05, 3.63) is 29.0 Å². The highest BCUT2D eigenvalue weighted by atomic mass is 35.5. The zero-order chi connectivity index (χ0) is 13.5. The largest absolute Gasteiger partial charge is 0.464 e. The Labute approximate surface area is 111 Å². The molecule has 1 aromatic carbocycles. The maximum absolute atomic E-state index is 13.1. The van der Waals surface area contributed by atoms with Gasteiger partial charge in [0.2, 0.25) is 0 Å². The molecule has 0 aliphatic heterocycles. The fraction of sp³-hybridized carbons (Fsp3) is 0.462. The van der Waals surface area contributed by atoms with Gasteiger partial charge in [0.25, 0.3) is 0 Å². The maximum Gasteiger partial charge on any atom is 0.328 e. The van der Waals surface area contributed by atoms with E-state index >= 15 is 0 Å². The summed E-state index contributed by atoms with van der Waals surface area (Å²) in [6.07, 6.45) is 1.41. The first-order valence-electron chi connectivity index (χ1n) is 5.96. The summed E-state index contributed by atoms with van der Waals surface area (Å²) in [6, 6.07) is 3.49. The third-order valence-corrected chi connectivity index (χ3v) is 2.74. The second kappa shape index (κ2) is 7.21. The van der Waals surface area contributed by atoms with E-state index in [1.54, 1.807) is 6.92 Å². The number of anilines is 1. The molecule has 0 spiro atoms. The topological polar surface area (TPSA) is 38.3 Å². The first-order valence-corrected chi connectivity index (χ1v) is 6.34. The fourth-order valence-electron chi connectivity index (χ4n) is 1.58. The summed E-state index contributed by atoms with van der Waals surface area (Å²) >= 11 is 5.94. The van der Waals surface area contributed by atoms with Gasteiger partial charge in [-0.2, -0.15) is 0 Å². The lowest BCUT2D eigenvalue weighted by atomic mass is 10.1. The van der Waals surface area contributed by atoms with Crippen LogP contribution in [0.4, 0.5) is 10.1 Å². The summed E-state index contributed by atoms with van der Waals surface area (Å²) in [5, 5.41) is 3.30. The Kier molecular flexibility index (Phi) is 5.92. The van der Waals surface area contributed by atoms with Crippen LogP contribution < -0.4 is 5.32 Å². The Morgan fingerprint density at radius 3 is 2.83 bits per heavy atom. The number of halogens is 2. The van der Waals surface area contributed by atoms with Crippen LogP contribution in [0.1, 0.15) is 26.7 Å². The third kappa shape index (κ3) is 4.18. The summed E-state index contributed by atoms with van der Waals surface area (Å²) < 4.78 is 18.1. The molecule has 18 heavy (non-hydrogen) atoms. The fourth-order valence-corrected chi connectivity index (χ4v) is 1.75. The number of esters is 1. The Morgan fingerprint density at radius 1 is 1.50 bits per heavy atom. The number of carbonyl (C=O) groups is 1. The lowest BCUT2D eigenvalue weighted by molar-refractivity contribution is -0.144. The van der Waals surface area contributed by atoms with Crippen LogP contribution in [-0.2, 0) is 9.53 Å². The zero-order valence-electron chi connectivity index (χ0n) is 10.5. The van der Waals surface area contributed by atoms with Crippen molar-refractivity contribution < 1.29 is 13.9 Å². The lowest BCUT2D eigenvalue weighted by Gasteiger charge is -2.18. The summed E-state index contributed by atoms with van der Waals surface area (Å²) in [5.74, 6) is -0.749. The van der Waals surface area contributed by atoms with E-state index in [1.165, 1.54) is 18.2 Å². The molecule has 0 saturated carbocycles. The zero-order valence-corrected chi connectivity index (χ0v) is 11.3. The minimum Gasteiger partial charge on any atom is -0.464 e. The Hall–Kier alpha value is -1.29. The summed E-state index contributed by atoms with van der Waals surface area (Å²) in [6.45, 7) is 4.02. The van der Waals surface area contributed by atoms with E-state index in [1.807, 2.05) is 6.92 Å². The first-order chi connectivity index (χ1) is 8.58. The molecular weight excluding hydrogens is 257 g/mol. The number of rotatable bonds is 6. The number of hydrogen-bond donors (Lipinski definition) is 1. The van der Waals surface area contributed by atoms with Crippen LogP contribution in [-0.4, -0.2) is 18.6 Å². The average molecular weight is 274 g/mol. The molecule has 5 heteroatoms. The second-order valence-corrected chi connectivity index (χ2v) is 4.27. The Balaban J connectivity index is 2.82. The van der Waals surface area contributed by atoms with Gasteiger partial charge in [-0.05, 0) is 31.5 Å². The van der Waals surface area contributed by atoms with Gasteiger partial charge in [0, 0.05) is 0 Å². The van der Waals surface area contributed by atoms with Crippen molar-refractivity contribution in [1.82, 2.24) is 0 Å². The molecule has 1 atom stereocenters. The van der Waals surface area contributed by atoms with Crippen molar-refractivity contribution in [2.45, 2.75) is 32.7 Å². The van der Waals surface area contributed by atoms with Gasteiger partial charge >= 0.3 is 5.97 Å². The van der Waals surface area contributed by atoms with Crippen molar-refractivity contribution in [1.29, 1.82) is 0 Å². The summed E-state index contributed by atoms with van der Waals surface area (Å²) in [5.41, 5.74) is 0.406. The quantitative estimate of drug-likeness (QED) is 0.805. The van der Waals surface area contributed by atoms with Crippen molar-refractivity contribution in [2.75, 3.05) is 11.9 Å². The lowest BCUT2D eigenvalue weighted by Crippen LogP contribution is -2.31. The molecule has 0 aliphatic rings. The molecule has 1 unspecified atom stereocenters. The monoisotopic (exact) mass is 273 g/mol. The van der Waals surface area contributed by atoms with Crippen LogP contribution in [0.2, 0.25) is 5.02 Å². The molecule has 0 heterocycles. The van der Waals surface area contributed by atoms with Crippen molar-refractivity contribution >= 4 is 23.3 Å². The predicted molar refractivity (Wildman–Crippen MR) is 70.4 cm³/mol. The molecule has 1 aromatic rings. The minimum absolute atomic E-state index is 0.317. The highest BCUT2D eigenvalue weighted by molar-refractivity contribution is 6.33. The standard InChI is InChI=1S/C13H17ClFNO2/c1-3-5-11(13(17)18-4-2)16-12-8-9(15)6-7-10(12)14/h6-8,11,16H,3-5H2,1-2H3. The highest BCUT2D eigenvalue weighted by Crippen LogP contribution is 2.24. The summed E-state index contributed by atoms with van der Waals surface area (Å²) in [4.78, 5) is 11.7.